The average molecular weight is 216 g/mol. The molecule has 0 N–H and O–H groups in total. The molecule has 0 saturated heterocycles. The molecule has 0 aromatic heterocycles. The van der Waals surface area contributed by atoms with Gasteiger partial charge in [0, 0.05) is 5.25 Å². The molecule has 0 aliphatic heterocycles. The third kappa shape index (κ3) is 6.75. The van der Waals surface area contributed by atoms with Crippen molar-refractivity contribution in [2.24, 2.45) is 11.8 Å². The van der Waals surface area contributed by atoms with Gasteiger partial charge in [0.1, 0.15) is 0 Å². The molecule has 0 nitrogen and oxygen atoms in total. The normalized spacial score (nSPS) is 15.9. The van der Waals surface area contributed by atoms with E-state index in [1.807, 2.05) is 0 Å². The molecule has 0 aliphatic rings. The average Bonchev–Trinajstić information content (AvgIpc) is 2.16. The van der Waals surface area contributed by atoms with Gasteiger partial charge in [-0.15, -0.1) is 0 Å². The van der Waals surface area contributed by atoms with E-state index in [0.717, 1.165) is 17.1 Å². The standard InChI is InChI=1S/C13H28S/c1-6-8-9-13(11(3)4)14-10-12(5)7-2/h11-13H,6-10H2,1-5H3. The Morgan fingerprint density at radius 3 is 2.14 bits per heavy atom. The summed E-state index contributed by atoms with van der Waals surface area (Å²) in [6.07, 6.45) is 5.48. The van der Waals surface area contributed by atoms with Crippen LogP contribution in [0.4, 0.5) is 0 Å². The molecule has 0 fully saturated rings. The fourth-order valence-electron chi connectivity index (χ4n) is 1.42. The van der Waals surface area contributed by atoms with Crippen LogP contribution in [0.5, 0.6) is 0 Å². The summed E-state index contributed by atoms with van der Waals surface area (Å²) < 4.78 is 0. The second-order valence-electron chi connectivity index (χ2n) is 4.77. The molecule has 1 heteroatoms. The zero-order chi connectivity index (χ0) is 11.0. The van der Waals surface area contributed by atoms with E-state index in [0.29, 0.717) is 0 Å². The summed E-state index contributed by atoms with van der Waals surface area (Å²) in [5.74, 6) is 3.08. The highest BCUT2D eigenvalue weighted by Gasteiger charge is 2.14. The molecular formula is C13H28S. The van der Waals surface area contributed by atoms with Crippen molar-refractivity contribution in [3.63, 3.8) is 0 Å². The van der Waals surface area contributed by atoms with Crippen LogP contribution in [0.2, 0.25) is 0 Å². The molecule has 0 amide bonds. The second-order valence-corrected chi connectivity index (χ2v) is 6.04. The Bertz CT molecular complexity index is 120. The van der Waals surface area contributed by atoms with Crippen molar-refractivity contribution in [1.82, 2.24) is 0 Å². The Labute approximate surface area is 95.2 Å². The van der Waals surface area contributed by atoms with E-state index < -0.39 is 0 Å². The van der Waals surface area contributed by atoms with Crippen LogP contribution in [0.15, 0.2) is 0 Å². The molecule has 0 heterocycles. The Morgan fingerprint density at radius 2 is 1.71 bits per heavy atom. The summed E-state index contributed by atoms with van der Waals surface area (Å²) in [6, 6.07) is 0. The molecule has 0 bridgehead atoms. The number of hydrogen-bond donors (Lipinski definition) is 0. The fourth-order valence-corrected chi connectivity index (χ4v) is 2.95. The van der Waals surface area contributed by atoms with Crippen molar-refractivity contribution >= 4 is 11.8 Å². The highest BCUT2D eigenvalue weighted by atomic mass is 32.2. The van der Waals surface area contributed by atoms with Gasteiger partial charge in [0.15, 0.2) is 0 Å². The van der Waals surface area contributed by atoms with E-state index in [9.17, 15) is 0 Å². The van der Waals surface area contributed by atoms with Crippen molar-refractivity contribution in [2.45, 2.75) is 65.6 Å². The van der Waals surface area contributed by atoms with Crippen LogP contribution >= 0.6 is 11.8 Å². The van der Waals surface area contributed by atoms with Gasteiger partial charge < -0.3 is 0 Å². The van der Waals surface area contributed by atoms with Crippen molar-refractivity contribution in [3.05, 3.63) is 0 Å². The van der Waals surface area contributed by atoms with Gasteiger partial charge in [-0.1, -0.05) is 53.9 Å². The van der Waals surface area contributed by atoms with Gasteiger partial charge in [0.25, 0.3) is 0 Å². The van der Waals surface area contributed by atoms with Gasteiger partial charge in [-0.2, -0.15) is 11.8 Å². The van der Waals surface area contributed by atoms with E-state index in [1.54, 1.807) is 0 Å². The fraction of sp³-hybridized carbons (Fsp3) is 1.00. The van der Waals surface area contributed by atoms with E-state index in [-0.39, 0.29) is 0 Å². The monoisotopic (exact) mass is 216 g/mol. The lowest BCUT2D eigenvalue weighted by Crippen LogP contribution is -2.13. The molecule has 2 unspecified atom stereocenters. The molecule has 0 aromatic rings. The first-order valence-corrected chi connectivity index (χ1v) is 7.28. The summed E-state index contributed by atoms with van der Waals surface area (Å²) in [7, 11) is 0. The Kier molecular flexibility index (Phi) is 8.86. The van der Waals surface area contributed by atoms with Crippen LogP contribution in [0, 0.1) is 11.8 Å². The highest BCUT2D eigenvalue weighted by molar-refractivity contribution is 7.99. The molecule has 14 heavy (non-hydrogen) atoms. The number of hydrogen-bond acceptors (Lipinski definition) is 1. The second kappa shape index (κ2) is 8.64. The van der Waals surface area contributed by atoms with Crippen LogP contribution in [0.1, 0.15) is 60.3 Å². The minimum absolute atomic E-state index is 0.843. The number of rotatable bonds is 8. The van der Waals surface area contributed by atoms with Crippen molar-refractivity contribution in [1.29, 1.82) is 0 Å². The maximum atomic E-state index is 2.37. The summed E-state index contributed by atoms with van der Waals surface area (Å²) in [4.78, 5) is 0. The predicted molar refractivity (Wildman–Crippen MR) is 70.1 cm³/mol. The topological polar surface area (TPSA) is 0 Å². The molecule has 0 spiro atoms. The SMILES string of the molecule is CCCCC(SCC(C)CC)C(C)C. The molecular weight excluding hydrogens is 188 g/mol. The zero-order valence-electron chi connectivity index (χ0n) is 10.7. The van der Waals surface area contributed by atoms with Crippen LogP contribution in [0.25, 0.3) is 0 Å². The van der Waals surface area contributed by atoms with E-state index in [2.05, 4.69) is 46.4 Å². The minimum Gasteiger partial charge on any atom is -0.158 e. The Balaban J connectivity index is 3.73. The first-order chi connectivity index (χ1) is 6.61. The molecule has 2 atom stereocenters. The lowest BCUT2D eigenvalue weighted by atomic mass is 10.1. The van der Waals surface area contributed by atoms with Gasteiger partial charge in [0.05, 0.1) is 0 Å². The third-order valence-electron chi connectivity index (χ3n) is 2.88. The Hall–Kier alpha value is 0.350. The zero-order valence-corrected chi connectivity index (χ0v) is 11.5. The van der Waals surface area contributed by atoms with Crippen molar-refractivity contribution in [2.75, 3.05) is 5.75 Å². The first kappa shape index (κ1) is 14.3. The summed E-state index contributed by atoms with van der Waals surface area (Å²) >= 11 is 2.20. The van der Waals surface area contributed by atoms with Crippen molar-refractivity contribution in [3.8, 4) is 0 Å². The van der Waals surface area contributed by atoms with Crippen molar-refractivity contribution < 1.29 is 0 Å². The molecule has 0 saturated carbocycles. The molecule has 0 radical (unpaired) electrons. The van der Waals surface area contributed by atoms with Gasteiger partial charge in [0.2, 0.25) is 0 Å². The van der Waals surface area contributed by atoms with Gasteiger partial charge in [-0.25, -0.2) is 0 Å². The highest BCUT2D eigenvalue weighted by Crippen LogP contribution is 2.27. The van der Waals surface area contributed by atoms with Gasteiger partial charge in [-0.3, -0.25) is 0 Å². The van der Waals surface area contributed by atoms with E-state index in [1.165, 1.54) is 31.4 Å². The molecule has 0 aromatic carbocycles. The molecule has 86 valence electrons. The molecule has 0 rings (SSSR count). The quantitative estimate of drug-likeness (QED) is 0.551. The van der Waals surface area contributed by atoms with Crippen LogP contribution in [-0.2, 0) is 0 Å². The largest absolute Gasteiger partial charge is 0.158 e. The lowest BCUT2D eigenvalue weighted by molar-refractivity contribution is 0.546. The smallest absolute Gasteiger partial charge is 0.00701 e. The predicted octanol–water partition coefficient (Wildman–Crippen LogP) is 4.98. The van der Waals surface area contributed by atoms with E-state index >= 15 is 0 Å². The third-order valence-corrected chi connectivity index (χ3v) is 4.85. The van der Waals surface area contributed by atoms with Crippen LogP contribution < -0.4 is 0 Å². The minimum atomic E-state index is 0.843. The maximum absolute atomic E-state index is 2.37. The summed E-state index contributed by atoms with van der Waals surface area (Å²) in [5, 5.41) is 0.893. The van der Waals surface area contributed by atoms with Crippen LogP contribution in [0.3, 0.4) is 0 Å². The number of unbranched alkanes of at least 4 members (excludes halogenated alkanes) is 1. The lowest BCUT2D eigenvalue weighted by Gasteiger charge is -2.21. The van der Waals surface area contributed by atoms with Gasteiger partial charge in [-0.05, 0) is 24.0 Å². The summed E-state index contributed by atoms with van der Waals surface area (Å²) in [6.45, 7) is 11.7. The molecule has 0 aliphatic carbocycles. The Morgan fingerprint density at radius 1 is 1.07 bits per heavy atom. The first-order valence-electron chi connectivity index (χ1n) is 6.23. The maximum Gasteiger partial charge on any atom is 0.00701 e. The summed E-state index contributed by atoms with van der Waals surface area (Å²) in [5.41, 5.74) is 0. The van der Waals surface area contributed by atoms with E-state index in [4.69, 9.17) is 0 Å². The van der Waals surface area contributed by atoms with Gasteiger partial charge >= 0.3 is 0 Å². The number of thioether (sulfide) groups is 1. The van der Waals surface area contributed by atoms with Crippen LogP contribution in [-0.4, -0.2) is 11.0 Å².